The molecule has 1 saturated heterocycles. The molecule has 0 aromatic heterocycles. The minimum Gasteiger partial charge on any atom is -0.497 e. The van der Waals surface area contributed by atoms with Gasteiger partial charge < -0.3 is 15.4 Å². The number of carbonyl (C=O) groups is 1. The van der Waals surface area contributed by atoms with E-state index in [4.69, 9.17) is 10.5 Å². The van der Waals surface area contributed by atoms with Crippen molar-refractivity contribution in [2.24, 2.45) is 5.73 Å². The normalized spacial score (nSPS) is 20.7. The SMILES string of the molecule is CCc1ccc(N2C(=O)[C@@H](N)[C@@H]2c2cccc(OC)c2)cc1. The van der Waals surface area contributed by atoms with Crippen LogP contribution in [0.15, 0.2) is 48.5 Å². The molecular weight excluding hydrogens is 276 g/mol. The smallest absolute Gasteiger partial charge is 0.247 e. The first-order valence-electron chi connectivity index (χ1n) is 7.47. The lowest BCUT2D eigenvalue weighted by Crippen LogP contribution is -2.63. The zero-order chi connectivity index (χ0) is 15.7. The number of methoxy groups -OCH3 is 1. The quantitative estimate of drug-likeness (QED) is 0.883. The number of hydrogen-bond donors (Lipinski definition) is 1. The summed E-state index contributed by atoms with van der Waals surface area (Å²) in [5.41, 5.74) is 9.17. The third-order valence-corrected chi connectivity index (χ3v) is 4.20. The number of hydrogen-bond acceptors (Lipinski definition) is 3. The zero-order valence-corrected chi connectivity index (χ0v) is 12.8. The Bertz CT molecular complexity index is 682. The summed E-state index contributed by atoms with van der Waals surface area (Å²) in [6.07, 6.45) is 0.979. The van der Waals surface area contributed by atoms with Gasteiger partial charge in [0.15, 0.2) is 0 Å². The molecule has 1 fully saturated rings. The van der Waals surface area contributed by atoms with Crippen LogP contribution in [-0.2, 0) is 11.2 Å². The van der Waals surface area contributed by atoms with Gasteiger partial charge in [-0.05, 0) is 41.8 Å². The molecule has 0 spiro atoms. The number of rotatable bonds is 4. The fourth-order valence-corrected chi connectivity index (χ4v) is 2.87. The van der Waals surface area contributed by atoms with Crippen LogP contribution in [-0.4, -0.2) is 19.1 Å². The van der Waals surface area contributed by atoms with Crippen molar-refractivity contribution < 1.29 is 9.53 Å². The average molecular weight is 296 g/mol. The van der Waals surface area contributed by atoms with Gasteiger partial charge in [0.25, 0.3) is 0 Å². The monoisotopic (exact) mass is 296 g/mol. The van der Waals surface area contributed by atoms with Gasteiger partial charge in [0.2, 0.25) is 5.91 Å². The Morgan fingerprint density at radius 1 is 1.18 bits per heavy atom. The van der Waals surface area contributed by atoms with Crippen molar-refractivity contribution in [3.8, 4) is 5.75 Å². The summed E-state index contributed by atoms with van der Waals surface area (Å²) in [6, 6.07) is 15.1. The van der Waals surface area contributed by atoms with Gasteiger partial charge in [0.1, 0.15) is 11.8 Å². The Morgan fingerprint density at radius 3 is 2.55 bits per heavy atom. The van der Waals surface area contributed by atoms with Crippen LogP contribution in [0.25, 0.3) is 0 Å². The minimum atomic E-state index is -0.502. The van der Waals surface area contributed by atoms with Gasteiger partial charge in [0.05, 0.1) is 13.2 Å². The van der Waals surface area contributed by atoms with E-state index in [-0.39, 0.29) is 11.9 Å². The lowest BCUT2D eigenvalue weighted by molar-refractivity contribution is -0.126. The molecular formula is C18H20N2O2. The summed E-state index contributed by atoms with van der Waals surface area (Å²) < 4.78 is 5.26. The number of nitrogens with zero attached hydrogens (tertiary/aromatic N) is 1. The van der Waals surface area contributed by atoms with E-state index in [0.717, 1.165) is 23.4 Å². The highest BCUT2D eigenvalue weighted by atomic mass is 16.5. The van der Waals surface area contributed by atoms with Crippen molar-refractivity contribution >= 4 is 11.6 Å². The second kappa shape index (κ2) is 5.81. The van der Waals surface area contributed by atoms with E-state index in [9.17, 15) is 4.79 Å². The Hall–Kier alpha value is -2.33. The van der Waals surface area contributed by atoms with E-state index in [1.807, 2.05) is 36.4 Å². The molecule has 1 aliphatic rings. The van der Waals surface area contributed by atoms with Crippen LogP contribution in [0.4, 0.5) is 5.69 Å². The molecule has 2 N–H and O–H groups in total. The Labute approximate surface area is 130 Å². The van der Waals surface area contributed by atoms with Gasteiger partial charge in [-0.25, -0.2) is 0 Å². The predicted octanol–water partition coefficient (Wildman–Crippen LogP) is 2.67. The van der Waals surface area contributed by atoms with E-state index < -0.39 is 6.04 Å². The topological polar surface area (TPSA) is 55.6 Å². The number of nitrogens with two attached hydrogens (primary N) is 1. The van der Waals surface area contributed by atoms with Crippen molar-refractivity contribution in [2.45, 2.75) is 25.4 Å². The molecule has 0 unspecified atom stereocenters. The van der Waals surface area contributed by atoms with Crippen LogP contribution >= 0.6 is 0 Å². The van der Waals surface area contributed by atoms with Crippen LogP contribution in [0.3, 0.4) is 0 Å². The summed E-state index contributed by atoms with van der Waals surface area (Å²) >= 11 is 0. The molecule has 0 saturated carbocycles. The molecule has 22 heavy (non-hydrogen) atoms. The number of aryl methyl sites for hydroxylation is 1. The molecule has 1 amide bonds. The Balaban J connectivity index is 1.93. The Morgan fingerprint density at radius 2 is 1.91 bits per heavy atom. The second-order valence-corrected chi connectivity index (χ2v) is 5.48. The third-order valence-electron chi connectivity index (χ3n) is 4.20. The van der Waals surface area contributed by atoms with E-state index in [2.05, 4.69) is 19.1 Å². The maximum Gasteiger partial charge on any atom is 0.247 e. The first kappa shape index (κ1) is 14.6. The fourth-order valence-electron chi connectivity index (χ4n) is 2.87. The van der Waals surface area contributed by atoms with Gasteiger partial charge in [-0.2, -0.15) is 0 Å². The molecule has 1 heterocycles. The van der Waals surface area contributed by atoms with E-state index >= 15 is 0 Å². The number of anilines is 1. The molecule has 0 radical (unpaired) electrons. The van der Waals surface area contributed by atoms with Crippen molar-refractivity contribution in [1.82, 2.24) is 0 Å². The van der Waals surface area contributed by atoms with Crippen molar-refractivity contribution in [3.05, 3.63) is 59.7 Å². The minimum absolute atomic E-state index is 0.0444. The van der Waals surface area contributed by atoms with Crippen molar-refractivity contribution in [2.75, 3.05) is 12.0 Å². The van der Waals surface area contributed by atoms with Crippen LogP contribution in [0, 0.1) is 0 Å². The fraction of sp³-hybridized carbons (Fsp3) is 0.278. The summed E-state index contributed by atoms with van der Waals surface area (Å²) in [7, 11) is 1.63. The summed E-state index contributed by atoms with van der Waals surface area (Å²) in [4.78, 5) is 14.0. The van der Waals surface area contributed by atoms with E-state index in [1.165, 1.54) is 5.56 Å². The van der Waals surface area contributed by atoms with Crippen LogP contribution in [0.2, 0.25) is 0 Å². The number of carbonyl (C=O) groups excluding carboxylic acids is 1. The maximum absolute atomic E-state index is 12.2. The first-order valence-corrected chi connectivity index (χ1v) is 7.47. The van der Waals surface area contributed by atoms with Crippen molar-refractivity contribution in [3.63, 3.8) is 0 Å². The molecule has 0 aliphatic carbocycles. The molecule has 3 rings (SSSR count). The van der Waals surface area contributed by atoms with E-state index in [0.29, 0.717) is 0 Å². The van der Waals surface area contributed by atoms with Gasteiger partial charge >= 0.3 is 0 Å². The summed E-state index contributed by atoms with van der Waals surface area (Å²) in [6.45, 7) is 2.11. The van der Waals surface area contributed by atoms with Gasteiger partial charge in [-0.15, -0.1) is 0 Å². The van der Waals surface area contributed by atoms with Gasteiger partial charge in [-0.3, -0.25) is 4.79 Å². The highest BCUT2D eigenvalue weighted by molar-refractivity contribution is 6.05. The summed E-state index contributed by atoms with van der Waals surface area (Å²) in [5.74, 6) is 0.724. The lowest BCUT2D eigenvalue weighted by Gasteiger charge is -2.45. The zero-order valence-electron chi connectivity index (χ0n) is 12.8. The second-order valence-electron chi connectivity index (χ2n) is 5.48. The molecule has 1 aliphatic heterocycles. The standard InChI is InChI=1S/C18H20N2O2/c1-3-12-7-9-14(10-8-12)20-17(16(19)18(20)21)13-5-4-6-15(11-13)22-2/h4-11,16-17H,3,19H2,1-2H3/t16-,17-/m0/s1. The molecule has 4 heteroatoms. The predicted molar refractivity (Wildman–Crippen MR) is 87.0 cm³/mol. The highest BCUT2D eigenvalue weighted by Crippen LogP contribution is 2.39. The first-order chi connectivity index (χ1) is 10.7. The van der Waals surface area contributed by atoms with Gasteiger partial charge in [-0.1, -0.05) is 31.2 Å². The third kappa shape index (κ3) is 2.35. The molecule has 2 aromatic rings. The highest BCUT2D eigenvalue weighted by Gasteiger charge is 2.46. The number of benzene rings is 2. The van der Waals surface area contributed by atoms with Crippen molar-refractivity contribution in [1.29, 1.82) is 0 Å². The number of ether oxygens (including phenoxy) is 1. The van der Waals surface area contributed by atoms with Crippen LogP contribution in [0.1, 0.15) is 24.1 Å². The molecule has 4 nitrogen and oxygen atoms in total. The average Bonchev–Trinajstić information content (AvgIpc) is 2.58. The van der Waals surface area contributed by atoms with Crippen LogP contribution in [0.5, 0.6) is 5.75 Å². The number of β-lactam (4-membered cyclic amide) rings is 1. The van der Waals surface area contributed by atoms with Crippen LogP contribution < -0.4 is 15.4 Å². The number of amides is 1. The Kier molecular flexibility index (Phi) is 3.86. The molecule has 114 valence electrons. The molecule has 0 bridgehead atoms. The summed E-state index contributed by atoms with van der Waals surface area (Å²) in [5, 5.41) is 0. The van der Waals surface area contributed by atoms with Gasteiger partial charge in [0, 0.05) is 5.69 Å². The van der Waals surface area contributed by atoms with E-state index in [1.54, 1.807) is 12.0 Å². The lowest BCUT2D eigenvalue weighted by atomic mass is 9.88. The molecule has 2 atom stereocenters. The largest absolute Gasteiger partial charge is 0.497 e. The molecule has 2 aromatic carbocycles. The maximum atomic E-state index is 12.2.